The van der Waals surface area contributed by atoms with Crippen LogP contribution in [0.25, 0.3) is 0 Å². The summed E-state index contributed by atoms with van der Waals surface area (Å²) < 4.78 is 0. The molecule has 0 saturated carbocycles. The van der Waals surface area contributed by atoms with Crippen LogP contribution in [0.1, 0.15) is 19.4 Å². The van der Waals surface area contributed by atoms with Gasteiger partial charge < -0.3 is 5.11 Å². The van der Waals surface area contributed by atoms with Crippen LogP contribution in [0.15, 0.2) is 30.3 Å². The molecule has 2 heteroatoms. The number of likely N-dealkylation sites (tertiary alicyclic amines) is 1. The molecule has 0 atom stereocenters. The third-order valence-corrected chi connectivity index (χ3v) is 3.63. The molecule has 0 amide bonds. The first-order valence-electron chi connectivity index (χ1n) is 6.09. The van der Waals surface area contributed by atoms with Gasteiger partial charge in [-0.15, -0.1) is 0 Å². The highest BCUT2D eigenvalue weighted by Crippen LogP contribution is 2.28. The van der Waals surface area contributed by atoms with Gasteiger partial charge >= 0.3 is 0 Å². The number of nitrogens with zero attached hydrogens (tertiary/aromatic N) is 1. The predicted octanol–water partition coefficient (Wildman–Crippen LogP) is 1.93. The lowest BCUT2D eigenvalue weighted by molar-refractivity contribution is -0.126. The van der Waals surface area contributed by atoms with Crippen LogP contribution in [0.5, 0.6) is 0 Å². The summed E-state index contributed by atoms with van der Waals surface area (Å²) >= 11 is 0. The molecule has 0 aromatic heterocycles. The maximum atomic E-state index is 10.1. The van der Waals surface area contributed by atoms with Crippen molar-refractivity contribution >= 4 is 0 Å². The maximum absolute atomic E-state index is 10.1. The van der Waals surface area contributed by atoms with Gasteiger partial charge in [-0.2, -0.15) is 0 Å². The van der Waals surface area contributed by atoms with Gasteiger partial charge in [0.15, 0.2) is 0 Å². The van der Waals surface area contributed by atoms with Gasteiger partial charge in [-0.05, 0) is 17.9 Å². The fourth-order valence-electron chi connectivity index (χ4n) is 2.18. The lowest BCUT2D eigenvalue weighted by Crippen LogP contribution is -2.64. The van der Waals surface area contributed by atoms with E-state index in [9.17, 15) is 5.11 Å². The van der Waals surface area contributed by atoms with Crippen molar-refractivity contribution in [2.45, 2.75) is 25.9 Å². The first kappa shape index (κ1) is 11.6. The maximum Gasteiger partial charge on any atom is 0.0922 e. The van der Waals surface area contributed by atoms with Gasteiger partial charge in [-0.3, -0.25) is 4.90 Å². The quantitative estimate of drug-likeness (QED) is 0.836. The zero-order valence-corrected chi connectivity index (χ0v) is 10.2. The Morgan fingerprint density at radius 1 is 1.25 bits per heavy atom. The molecule has 1 aromatic rings. The zero-order chi connectivity index (χ0) is 11.6. The highest BCUT2D eigenvalue weighted by Gasteiger charge is 2.42. The minimum Gasteiger partial charge on any atom is -0.387 e. The highest BCUT2D eigenvalue weighted by atomic mass is 16.3. The Hall–Kier alpha value is -0.860. The molecule has 1 heterocycles. The Kier molecular flexibility index (Phi) is 3.31. The van der Waals surface area contributed by atoms with Gasteiger partial charge in [0.05, 0.1) is 5.60 Å². The molecule has 0 radical (unpaired) electrons. The van der Waals surface area contributed by atoms with Crippen LogP contribution < -0.4 is 0 Å². The van der Waals surface area contributed by atoms with E-state index in [0.717, 1.165) is 26.1 Å². The van der Waals surface area contributed by atoms with Crippen molar-refractivity contribution in [1.82, 2.24) is 4.90 Å². The molecule has 88 valence electrons. The third-order valence-electron chi connectivity index (χ3n) is 3.63. The molecule has 0 unspecified atom stereocenters. The molecular formula is C14H21NO. The lowest BCUT2D eigenvalue weighted by atomic mass is 9.83. The normalized spacial score (nSPS) is 19.8. The Labute approximate surface area is 97.9 Å². The van der Waals surface area contributed by atoms with Crippen LogP contribution in [0, 0.1) is 5.92 Å². The fourth-order valence-corrected chi connectivity index (χ4v) is 2.18. The number of benzene rings is 1. The van der Waals surface area contributed by atoms with E-state index >= 15 is 0 Å². The van der Waals surface area contributed by atoms with Crippen molar-refractivity contribution in [2.75, 3.05) is 19.6 Å². The van der Waals surface area contributed by atoms with Gasteiger partial charge in [0.1, 0.15) is 0 Å². The number of aliphatic hydroxyl groups is 1. The third kappa shape index (κ3) is 2.45. The molecule has 0 aliphatic carbocycles. The summed E-state index contributed by atoms with van der Waals surface area (Å²) in [6.07, 6.45) is 1.08. The second-order valence-electron chi connectivity index (χ2n) is 5.20. The highest BCUT2D eigenvalue weighted by molar-refractivity contribution is 5.15. The molecule has 2 nitrogen and oxygen atoms in total. The summed E-state index contributed by atoms with van der Waals surface area (Å²) in [4.78, 5) is 2.33. The van der Waals surface area contributed by atoms with Crippen LogP contribution in [0.3, 0.4) is 0 Å². The molecule has 0 spiro atoms. The van der Waals surface area contributed by atoms with E-state index in [1.807, 2.05) is 6.07 Å². The van der Waals surface area contributed by atoms with Crippen molar-refractivity contribution in [3.63, 3.8) is 0 Å². The van der Waals surface area contributed by atoms with Crippen molar-refractivity contribution < 1.29 is 5.11 Å². The summed E-state index contributed by atoms with van der Waals surface area (Å²) in [7, 11) is 0. The molecule has 1 saturated heterocycles. The standard InChI is InChI=1S/C14H21NO/c1-12(2)14(16)10-15(11-14)9-8-13-6-4-3-5-7-13/h3-7,12,16H,8-11H2,1-2H3. The van der Waals surface area contributed by atoms with Crippen molar-refractivity contribution in [3.8, 4) is 0 Å². The van der Waals surface area contributed by atoms with Crippen LogP contribution >= 0.6 is 0 Å². The molecule has 0 bridgehead atoms. The monoisotopic (exact) mass is 219 g/mol. The topological polar surface area (TPSA) is 23.5 Å². The second kappa shape index (κ2) is 4.56. The Morgan fingerprint density at radius 3 is 2.44 bits per heavy atom. The molecule has 1 aliphatic heterocycles. The summed E-state index contributed by atoms with van der Waals surface area (Å²) in [6.45, 7) is 6.90. The summed E-state index contributed by atoms with van der Waals surface area (Å²) in [6, 6.07) is 10.5. The fraction of sp³-hybridized carbons (Fsp3) is 0.571. The van der Waals surface area contributed by atoms with E-state index in [1.165, 1.54) is 5.56 Å². The number of rotatable bonds is 4. The van der Waals surface area contributed by atoms with Crippen LogP contribution in [-0.4, -0.2) is 35.2 Å². The average Bonchev–Trinajstić information content (AvgIpc) is 2.24. The van der Waals surface area contributed by atoms with Crippen LogP contribution in [0.2, 0.25) is 0 Å². The Balaban J connectivity index is 1.75. The Morgan fingerprint density at radius 2 is 1.88 bits per heavy atom. The van der Waals surface area contributed by atoms with Crippen LogP contribution in [-0.2, 0) is 6.42 Å². The van der Waals surface area contributed by atoms with Gasteiger partial charge in [-0.25, -0.2) is 0 Å². The zero-order valence-electron chi connectivity index (χ0n) is 10.2. The van der Waals surface area contributed by atoms with Gasteiger partial charge in [0, 0.05) is 19.6 Å². The summed E-state index contributed by atoms with van der Waals surface area (Å²) in [5, 5.41) is 10.1. The van der Waals surface area contributed by atoms with E-state index in [1.54, 1.807) is 0 Å². The molecular weight excluding hydrogens is 198 g/mol. The second-order valence-corrected chi connectivity index (χ2v) is 5.20. The SMILES string of the molecule is CC(C)C1(O)CN(CCc2ccccc2)C1. The van der Waals surface area contributed by atoms with Gasteiger partial charge in [0.25, 0.3) is 0 Å². The van der Waals surface area contributed by atoms with Crippen molar-refractivity contribution in [1.29, 1.82) is 0 Å². The number of hydrogen-bond acceptors (Lipinski definition) is 2. The summed E-state index contributed by atoms with van der Waals surface area (Å²) in [5.41, 5.74) is 0.943. The predicted molar refractivity (Wildman–Crippen MR) is 66.4 cm³/mol. The van der Waals surface area contributed by atoms with Crippen molar-refractivity contribution in [3.05, 3.63) is 35.9 Å². The van der Waals surface area contributed by atoms with Gasteiger partial charge in [0.2, 0.25) is 0 Å². The molecule has 1 fully saturated rings. The summed E-state index contributed by atoms with van der Waals surface area (Å²) in [5.74, 6) is 0.362. The largest absolute Gasteiger partial charge is 0.387 e. The minimum atomic E-state index is -0.434. The molecule has 1 aliphatic rings. The Bertz CT molecular complexity index is 328. The molecule has 1 aromatic carbocycles. The minimum absolute atomic E-state index is 0.362. The van der Waals surface area contributed by atoms with E-state index in [4.69, 9.17) is 0 Å². The molecule has 2 rings (SSSR count). The van der Waals surface area contributed by atoms with E-state index < -0.39 is 5.60 Å². The van der Waals surface area contributed by atoms with Crippen LogP contribution in [0.4, 0.5) is 0 Å². The van der Waals surface area contributed by atoms with Crippen molar-refractivity contribution in [2.24, 2.45) is 5.92 Å². The molecule has 16 heavy (non-hydrogen) atoms. The number of hydrogen-bond donors (Lipinski definition) is 1. The first-order valence-corrected chi connectivity index (χ1v) is 6.09. The smallest absolute Gasteiger partial charge is 0.0922 e. The van der Waals surface area contributed by atoms with E-state index in [0.29, 0.717) is 5.92 Å². The van der Waals surface area contributed by atoms with E-state index in [2.05, 4.69) is 43.0 Å². The lowest BCUT2D eigenvalue weighted by Gasteiger charge is -2.49. The number of β-amino-alcohol motifs (C(OH)–C–C–N with tert-alkyl or cyclic N) is 1. The van der Waals surface area contributed by atoms with Gasteiger partial charge in [-0.1, -0.05) is 44.2 Å². The molecule has 1 N–H and O–H groups in total. The van der Waals surface area contributed by atoms with E-state index in [-0.39, 0.29) is 0 Å². The first-order chi connectivity index (χ1) is 7.60. The average molecular weight is 219 g/mol.